The first kappa shape index (κ1) is 11.9. The lowest BCUT2D eigenvalue weighted by Crippen LogP contribution is -1.93. The maximum absolute atomic E-state index is 13.3. The molecule has 0 saturated carbocycles. The molecule has 0 unspecified atom stereocenters. The van der Waals surface area contributed by atoms with E-state index in [0.29, 0.717) is 16.3 Å². The summed E-state index contributed by atoms with van der Waals surface area (Å²) in [4.78, 5) is 0. The second kappa shape index (κ2) is 4.38. The number of anilines is 1. The third kappa shape index (κ3) is 2.27. The molecule has 1 nitrogen and oxygen atoms in total. The summed E-state index contributed by atoms with van der Waals surface area (Å²) in [6, 6.07) is 8.79. The van der Waals surface area contributed by atoms with Crippen LogP contribution in [0.2, 0.25) is 5.02 Å². The average molecular weight is 250 g/mol. The predicted molar refractivity (Wildman–Crippen MR) is 70.7 cm³/mol. The van der Waals surface area contributed by atoms with Gasteiger partial charge in [0.1, 0.15) is 5.82 Å². The Morgan fingerprint density at radius 1 is 1.06 bits per heavy atom. The van der Waals surface area contributed by atoms with E-state index in [-0.39, 0.29) is 5.82 Å². The molecule has 88 valence electrons. The Morgan fingerprint density at radius 3 is 2.41 bits per heavy atom. The Hall–Kier alpha value is -1.54. The Bertz CT molecular complexity index is 579. The molecule has 0 fully saturated rings. The number of benzene rings is 2. The minimum absolute atomic E-state index is 0.301. The van der Waals surface area contributed by atoms with Crippen LogP contribution in [0.1, 0.15) is 11.1 Å². The van der Waals surface area contributed by atoms with Gasteiger partial charge in [0.05, 0.1) is 5.02 Å². The summed E-state index contributed by atoms with van der Waals surface area (Å²) in [5, 5.41) is 0.378. The van der Waals surface area contributed by atoms with Crippen molar-refractivity contribution in [2.75, 3.05) is 5.73 Å². The molecule has 2 N–H and O–H groups in total. The molecule has 2 aromatic carbocycles. The summed E-state index contributed by atoms with van der Waals surface area (Å²) >= 11 is 6.05. The van der Waals surface area contributed by atoms with Gasteiger partial charge in [-0.15, -0.1) is 0 Å². The molecule has 0 amide bonds. The second-order valence-corrected chi connectivity index (χ2v) is 4.58. The first-order valence-corrected chi connectivity index (χ1v) is 5.69. The molecule has 0 aliphatic carbocycles. The average Bonchev–Trinajstić information content (AvgIpc) is 2.24. The molecule has 2 rings (SSSR count). The Morgan fingerprint density at radius 2 is 1.76 bits per heavy atom. The predicted octanol–water partition coefficient (Wildman–Crippen LogP) is 4.35. The monoisotopic (exact) mass is 249 g/mol. The number of nitrogens with two attached hydrogens (primary N) is 1. The van der Waals surface area contributed by atoms with Gasteiger partial charge in [0, 0.05) is 16.8 Å². The smallest absolute Gasteiger partial charge is 0.127 e. The van der Waals surface area contributed by atoms with Crippen molar-refractivity contribution in [3.63, 3.8) is 0 Å². The first-order chi connectivity index (χ1) is 7.99. The fourth-order valence-electron chi connectivity index (χ4n) is 1.79. The van der Waals surface area contributed by atoms with Crippen LogP contribution in [-0.2, 0) is 0 Å². The molecule has 0 aliphatic rings. The van der Waals surface area contributed by atoms with Crippen LogP contribution in [0.3, 0.4) is 0 Å². The highest BCUT2D eigenvalue weighted by atomic mass is 35.5. The van der Waals surface area contributed by atoms with Crippen LogP contribution in [0.25, 0.3) is 11.1 Å². The van der Waals surface area contributed by atoms with E-state index in [4.69, 9.17) is 17.3 Å². The molecule has 0 saturated heterocycles. The van der Waals surface area contributed by atoms with Crippen molar-refractivity contribution in [2.45, 2.75) is 13.8 Å². The van der Waals surface area contributed by atoms with E-state index < -0.39 is 0 Å². The molecule has 0 heterocycles. The van der Waals surface area contributed by atoms with Gasteiger partial charge in [-0.1, -0.05) is 23.7 Å². The summed E-state index contributed by atoms with van der Waals surface area (Å²) < 4.78 is 13.3. The summed E-state index contributed by atoms with van der Waals surface area (Å²) in [5.74, 6) is -0.301. The summed E-state index contributed by atoms with van der Waals surface area (Å²) in [5.41, 5.74) is 9.86. The van der Waals surface area contributed by atoms with Crippen LogP contribution < -0.4 is 5.73 Å². The van der Waals surface area contributed by atoms with Gasteiger partial charge in [-0.3, -0.25) is 0 Å². The number of halogens is 2. The fraction of sp³-hybridized carbons (Fsp3) is 0.143. The van der Waals surface area contributed by atoms with Crippen molar-refractivity contribution in [3.8, 4) is 11.1 Å². The molecular weight excluding hydrogens is 237 g/mol. The van der Waals surface area contributed by atoms with Crippen molar-refractivity contribution in [1.29, 1.82) is 0 Å². The minimum atomic E-state index is -0.301. The van der Waals surface area contributed by atoms with Crippen molar-refractivity contribution >= 4 is 17.3 Å². The van der Waals surface area contributed by atoms with E-state index in [1.807, 2.05) is 25.1 Å². The standard InChI is InChI=1S/C14H13ClFN/c1-8-3-4-10(14(17)5-8)11-6-9(2)13(16)7-12(11)15/h3-7H,17H2,1-2H3. The zero-order valence-electron chi connectivity index (χ0n) is 9.72. The lowest BCUT2D eigenvalue weighted by Gasteiger charge is -2.10. The quantitative estimate of drug-likeness (QED) is 0.748. The molecule has 0 spiro atoms. The molecule has 3 heteroatoms. The van der Waals surface area contributed by atoms with Gasteiger partial charge >= 0.3 is 0 Å². The van der Waals surface area contributed by atoms with Crippen LogP contribution in [0, 0.1) is 19.7 Å². The van der Waals surface area contributed by atoms with Gasteiger partial charge in [-0.2, -0.15) is 0 Å². The maximum atomic E-state index is 13.3. The highest BCUT2D eigenvalue weighted by Gasteiger charge is 2.10. The second-order valence-electron chi connectivity index (χ2n) is 4.17. The van der Waals surface area contributed by atoms with E-state index in [1.165, 1.54) is 6.07 Å². The lowest BCUT2D eigenvalue weighted by atomic mass is 10.00. The minimum Gasteiger partial charge on any atom is -0.398 e. The third-order valence-corrected chi connectivity index (χ3v) is 3.06. The molecular formula is C14H13ClFN. The first-order valence-electron chi connectivity index (χ1n) is 5.31. The topological polar surface area (TPSA) is 26.0 Å². The number of hydrogen-bond acceptors (Lipinski definition) is 1. The van der Waals surface area contributed by atoms with E-state index in [1.54, 1.807) is 13.0 Å². The van der Waals surface area contributed by atoms with Crippen molar-refractivity contribution in [2.24, 2.45) is 0 Å². The van der Waals surface area contributed by atoms with E-state index in [9.17, 15) is 4.39 Å². The number of aryl methyl sites for hydroxylation is 2. The molecule has 17 heavy (non-hydrogen) atoms. The third-order valence-electron chi connectivity index (χ3n) is 2.75. The molecule has 0 radical (unpaired) electrons. The lowest BCUT2D eigenvalue weighted by molar-refractivity contribution is 0.619. The summed E-state index contributed by atoms with van der Waals surface area (Å²) in [6.45, 7) is 3.68. The SMILES string of the molecule is Cc1ccc(-c2cc(C)c(F)cc2Cl)c(N)c1. The van der Waals surface area contributed by atoms with Crippen molar-refractivity contribution in [1.82, 2.24) is 0 Å². The maximum Gasteiger partial charge on any atom is 0.127 e. The molecule has 0 bridgehead atoms. The Labute approximate surface area is 105 Å². The van der Waals surface area contributed by atoms with Gasteiger partial charge in [-0.25, -0.2) is 4.39 Å². The zero-order chi connectivity index (χ0) is 12.6. The van der Waals surface area contributed by atoms with Gasteiger partial charge in [0.25, 0.3) is 0 Å². The molecule has 0 aromatic heterocycles. The van der Waals surface area contributed by atoms with Crippen LogP contribution in [0.4, 0.5) is 10.1 Å². The largest absolute Gasteiger partial charge is 0.398 e. The van der Waals surface area contributed by atoms with Gasteiger partial charge < -0.3 is 5.73 Å². The Balaban J connectivity index is 2.64. The van der Waals surface area contributed by atoms with Crippen LogP contribution in [0.5, 0.6) is 0 Å². The normalized spacial score (nSPS) is 10.6. The molecule has 0 aliphatic heterocycles. The highest BCUT2D eigenvalue weighted by Crippen LogP contribution is 2.34. The summed E-state index contributed by atoms with van der Waals surface area (Å²) in [6.07, 6.45) is 0. The van der Waals surface area contributed by atoms with Crippen molar-refractivity contribution in [3.05, 3.63) is 52.3 Å². The van der Waals surface area contributed by atoms with Gasteiger partial charge in [-0.05, 0) is 43.2 Å². The number of hydrogen-bond donors (Lipinski definition) is 1. The fourth-order valence-corrected chi connectivity index (χ4v) is 2.04. The van der Waals surface area contributed by atoms with E-state index in [0.717, 1.165) is 16.7 Å². The van der Waals surface area contributed by atoms with Gasteiger partial charge in [0.15, 0.2) is 0 Å². The van der Waals surface area contributed by atoms with Gasteiger partial charge in [0.2, 0.25) is 0 Å². The Kier molecular flexibility index (Phi) is 3.07. The number of nitrogen functional groups attached to an aromatic ring is 1. The van der Waals surface area contributed by atoms with Crippen LogP contribution in [0.15, 0.2) is 30.3 Å². The molecule has 0 atom stereocenters. The summed E-state index contributed by atoms with van der Waals surface area (Å²) in [7, 11) is 0. The van der Waals surface area contributed by atoms with E-state index in [2.05, 4.69) is 0 Å². The van der Waals surface area contributed by atoms with Crippen LogP contribution in [-0.4, -0.2) is 0 Å². The molecule has 2 aromatic rings. The van der Waals surface area contributed by atoms with E-state index >= 15 is 0 Å². The highest BCUT2D eigenvalue weighted by molar-refractivity contribution is 6.33. The van der Waals surface area contributed by atoms with Crippen LogP contribution >= 0.6 is 11.6 Å². The number of rotatable bonds is 1. The van der Waals surface area contributed by atoms with Crippen molar-refractivity contribution < 1.29 is 4.39 Å². The zero-order valence-corrected chi connectivity index (χ0v) is 10.5.